The van der Waals surface area contributed by atoms with E-state index < -0.39 is 0 Å². The molecule has 0 spiro atoms. The fraction of sp³-hybridized carbons (Fsp3) is 0.444. The van der Waals surface area contributed by atoms with E-state index in [1.54, 1.807) is 4.90 Å². The number of nitrogen functional groups attached to an aromatic ring is 1. The van der Waals surface area contributed by atoms with Crippen LogP contribution in [0.25, 0.3) is 0 Å². The Hall–Kier alpha value is -0.820. The Labute approximate surface area is 107 Å². The molecule has 1 aliphatic rings. The van der Waals surface area contributed by atoms with Gasteiger partial charge in [-0.05, 0) is 27.6 Å². The highest BCUT2D eigenvalue weighted by molar-refractivity contribution is 9.10. The van der Waals surface area contributed by atoms with E-state index in [4.69, 9.17) is 5.73 Å². The standard InChI is InChI=1S/C9H11BrN4OS/c10-6-2-12-9(8(11)13-6)14-3-5(4-16)1-7(14)15/h2,5,16H,1,3-4H2,(H2,11,13). The smallest absolute Gasteiger partial charge is 0.228 e. The Kier molecular flexibility index (Phi) is 3.34. The third-order valence-corrected chi connectivity index (χ3v) is 3.37. The number of carbonyl (C=O) groups excluding carboxylic acids is 1. The van der Waals surface area contributed by atoms with Gasteiger partial charge in [0.2, 0.25) is 5.91 Å². The maximum atomic E-state index is 11.7. The van der Waals surface area contributed by atoms with Gasteiger partial charge < -0.3 is 5.73 Å². The minimum atomic E-state index is 0.0300. The predicted molar refractivity (Wildman–Crippen MR) is 68.5 cm³/mol. The molecule has 0 aliphatic carbocycles. The lowest BCUT2D eigenvalue weighted by Crippen LogP contribution is -2.27. The zero-order valence-corrected chi connectivity index (χ0v) is 10.9. The number of hydrogen-bond donors (Lipinski definition) is 2. The number of amides is 1. The van der Waals surface area contributed by atoms with E-state index in [1.165, 1.54) is 6.20 Å². The Morgan fingerprint density at radius 1 is 1.69 bits per heavy atom. The maximum absolute atomic E-state index is 11.7. The van der Waals surface area contributed by atoms with Crippen molar-refractivity contribution in [3.63, 3.8) is 0 Å². The highest BCUT2D eigenvalue weighted by Gasteiger charge is 2.31. The van der Waals surface area contributed by atoms with Gasteiger partial charge in [-0.3, -0.25) is 9.69 Å². The quantitative estimate of drug-likeness (QED) is 0.803. The van der Waals surface area contributed by atoms with Crippen LogP contribution in [0.4, 0.5) is 11.6 Å². The van der Waals surface area contributed by atoms with Gasteiger partial charge in [-0.25, -0.2) is 9.97 Å². The fourth-order valence-electron chi connectivity index (χ4n) is 1.69. The highest BCUT2D eigenvalue weighted by atomic mass is 79.9. The average molecular weight is 303 g/mol. The second kappa shape index (κ2) is 4.58. The van der Waals surface area contributed by atoms with Crippen LogP contribution in [0, 0.1) is 5.92 Å². The van der Waals surface area contributed by atoms with Crippen LogP contribution in [0.3, 0.4) is 0 Å². The molecule has 5 nitrogen and oxygen atoms in total. The molecule has 1 aromatic rings. The summed E-state index contributed by atoms with van der Waals surface area (Å²) in [6.07, 6.45) is 2.04. The number of anilines is 2. The summed E-state index contributed by atoms with van der Waals surface area (Å²) in [7, 11) is 0. The van der Waals surface area contributed by atoms with E-state index in [1.807, 2.05) is 0 Å². The molecule has 1 atom stereocenters. The van der Waals surface area contributed by atoms with Crippen molar-refractivity contribution in [2.24, 2.45) is 5.92 Å². The van der Waals surface area contributed by atoms with Gasteiger partial charge in [0.05, 0.1) is 6.20 Å². The lowest BCUT2D eigenvalue weighted by atomic mass is 10.1. The highest BCUT2D eigenvalue weighted by Crippen LogP contribution is 2.27. The van der Waals surface area contributed by atoms with Crippen LogP contribution in [-0.4, -0.2) is 28.2 Å². The van der Waals surface area contributed by atoms with Crippen LogP contribution in [0.1, 0.15) is 6.42 Å². The number of nitrogens with zero attached hydrogens (tertiary/aromatic N) is 3. The molecule has 0 aromatic carbocycles. The Balaban J connectivity index is 2.28. The van der Waals surface area contributed by atoms with Gasteiger partial charge in [0.25, 0.3) is 0 Å². The van der Waals surface area contributed by atoms with Gasteiger partial charge in [-0.15, -0.1) is 0 Å². The molecule has 0 bridgehead atoms. The van der Waals surface area contributed by atoms with Crippen LogP contribution in [-0.2, 0) is 4.79 Å². The number of carbonyl (C=O) groups is 1. The van der Waals surface area contributed by atoms with Crippen molar-refractivity contribution in [3.05, 3.63) is 10.8 Å². The lowest BCUT2D eigenvalue weighted by Gasteiger charge is -2.16. The first-order valence-electron chi connectivity index (χ1n) is 4.81. The molecule has 1 aromatic heterocycles. The molecule has 0 saturated carbocycles. The molecule has 1 saturated heterocycles. The minimum Gasteiger partial charge on any atom is -0.381 e. The normalized spacial score (nSPS) is 20.5. The molecule has 7 heteroatoms. The first-order chi connectivity index (χ1) is 7.61. The molecule has 1 fully saturated rings. The molecule has 1 amide bonds. The van der Waals surface area contributed by atoms with E-state index in [2.05, 4.69) is 38.5 Å². The average Bonchev–Trinajstić information content (AvgIpc) is 2.60. The van der Waals surface area contributed by atoms with E-state index >= 15 is 0 Å². The molecule has 1 aliphatic heterocycles. The third-order valence-electron chi connectivity index (χ3n) is 2.47. The van der Waals surface area contributed by atoms with Crippen LogP contribution < -0.4 is 10.6 Å². The Morgan fingerprint density at radius 3 is 3.00 bits per heavy atom. The van der Waals surface area contributed by atoms with Crippen molar-refractivity contribution in [1.29, 1.82) is 0 Å². The number of rotatable bonds is 2. The number of thiol groups is 1. The maximum Gasteiger partial charge on any atom is 0.228 e. The fourth-order valence-corrected chi connectivity index (χ4v) is 2.23. The van der Waals surface area contributed by atoms with Gasteiger partial charge >= 0.3 is 0 Å². The van der Waals surface area contributed by atoms with Crippen molar-refractivity contribution in [2.75, 3.05) is 22.9 Å². The molecular weight excluding hydrogens is 292 g/mol. The van der Waals surface area contributed by atoms with Crippen molar-refractivity contribution < 1.29 is 4.79 Å². The summed E-state index contributed by atoms with van der Waals surface area (Å²) < 4.78 is 0.561. The summed E-state index contributed by atoms with van der Waals surface area (Å²) in [6.45, 7) is 0.614. The molecule has 2 heterocycles. The van der Waals surface area contributed by atoms with Gasteiger partial charge in [0, 0.05) is 13.0 Å². The van der Waals surface area contributed by atoms with Crippen molar-refractivity contribution in [3.8, 4) is 0 Å². The van der Waals surface area contributed by atoms with E-state index in [0.717, 1.165) is 0 Å². The molecule has 2 rings (SSSR count). The van der Waals surface area contributed by atoms with E-state index in [9.17, 15) is 4.79 Å². The largest absolute Gasteiger partial charge is 0.381 e. The van der Waals surface area contributed by atoms with Crippen LogP contribution in [0.5, 0.6) is 0 Å². The van der Waals surface area contributed by atoms with Gasteiger partial charge in [-0.1, -0.05) is 0 Å². The lowest BCUT2D eigenvalue weighted by molar-refractivity contribution is -0.117. The van der Waals surface area contributed by atoms with E-state index in [0.29, 0.717) is 29.1 Å². The van der Waals surface area contributed by atoms with E-state index in [-0.39, 0.29) is 17.6 Å². The summed E-state index contributed by atoms with van der Waals surface area (Å²) in [5.41, 5.74) is 5.73. The predicted octanol–water partition coefficient (Wildman–Crippen LogP) is 1.10. The summed E-state index contributed by atoms with van der Waals surface area (Å²) in [4.78, 5) is 21.5. The van der Waals surface area contributed by atoms with Crippen molar-refractivity contribution >= 4 is 46.1 Å². The zero-order valence-electron chi connectivity index (χ0n) is 8.43. The van der Waals surface area contributed by atoms with Crippen LogP contribution >= 0.6 is 28.6 Å². The third kappa shape index (κ3) is 2.15. The van der Waals surface area contributed by atoms with Crippen molar-refractivity contribution in [1.82, 2.24) is 9.97 Å². The van der Waals surface area contributed by atoms with Gasteiger partial charge in [0.1, 0.15) is 4.60 Å². The second-order valence-electron chi connectivity index (χ2n) is 3.66. The molecule has 0 radical (unpaired) electrons. The Bertz CT molecular complexity index is 428. The molecule has 16 heavy (non-hydrogen) atoms. The van der Waals surface area contributed by atoms with Gasteiger partial charge in [0.15, 0.2) is 11.6 Å². The monoisotopic (exact) mass is 302 g/mol. The van der Waals surface area contributed by atoms with Crippen LogP contribution in [0.15, 0.2) is 10.8 Å². The topological polar surface area (TPSA) is 72.1 Å². The molecule has 2 N–H and O–H groups in total. The molecular formula is C9H11BrN4OS. The number of hydrogen-bond acceptors (Lipinski definition) is 5. The number of aromatic nitrogens is 2. The summed E-state index contributed by atoms with van der Waals surface area (Å²) in [5, 5.41) is 0. The summed E-state index contributed by atoms with van der Waals surface area (Å²) >= 11 is 7.37. The SMILES string of the molecule is Nc1nc(Br)cnc1N1CC(CS)CC1=O. The molecule has 1 unspecified atom stereocenters. The van der Waals surface area contributed by atoms with Crippen LogP contribution in [0.2, 0.25) is 0 Å². The minimum absolute atomic E-state index is 0.0300. The second-order valence-corrected chi connectivity index (χ2v) is 4.84. The number of nitrogens with two attached hydrogens (primary N) is 1. The summed E-state index contributed by atoms with van der Waals surface area (Å²) in [5.74, 6) is 1.69. The Morgan fingerprint density at radius 2 is 2.44 bits per heavy atom. The van der Waals surface area contributed by atoms with Crippen molar-refractivity contribution in [2.45, 2.75) is 6.42 Å². The first-order valence-corrected chi connectivity index (χ1v) is 6.23. The summed E-state index contributed by atoms with van der Waals surface area (Å²) in [6, 6.07) is 0. The zero-order chi connectivity index (χ0) is 11.7. The first kappa shape index (κ1) is 11.7. The van der Waals surface area contributed by atoms with Gasteiger partial charge in [-0.2, -0.15) is 12.6 Å². The number of halogens is 1. The molecule has 86 valence electrons.